The Bertz CT molecular complexity index is 597. The summed E-state index contributed by atoms with van der Waals surface area (Å²) >= 11 is 11.9. The number of nitrogens with one attached hydrogen (secondary N) is 1. The molecule has 0 bridgehead atoms. The first-order chi connectivity index (χ1) is 9.06. The number of hydrogen-bond acceptors (Lipinski definition) is 2. The number of halogens is 2. The second-order valence-corrected chi connectivity index (χ2v) is 4.88. The lowest BCUT2D eigenvalue weighted by Gasteiger charge is -2.09. The average molecular weight is 295 g/mol. The first-order valence-corrected chi connectivity index (χ1v) is 6.39. The van der Waals surface area contributed by atoms with Gasteiger partial charge in [0.1, 0.15) is 0 Å². The lowest BCUT2D eigenvalue weighted by Crippen LogP contribution is -2.11. The molecule has 1 amide bonds. The highest BCUT2D eigenvalue weighted by molar-refractivity contribution is 6.33. The molecule has 0 radical (unpaired) electrons. The van der Waals surface area contributed by atoms with Gasteiger partial charge in [0.25, 0.3) is 0 Å². The van der Waals surface area contributed by atoms with Crippen molar-refractivity contribution in [2.24, 2.45) is 5.73 Å². The van der Waals surface area contributed by atoms with Gasteiger partial charge in [-0.15, -0.1) is 0 Å². The van der Waals surface area contributed by atoms with Crippen LogP contribution in [0.5, 0.6) is 0 Å². The van der Waals surface area contributed by atoms with E-state index in [9.17, 15) is 4.79 Å². The van der Waals surface area contributed by atoms with Crippen LogP contribution >= 0.6 is 23.2 Å². The van der Waals surface area contributed by atoms with Crippen molar-refractivity contribution in [1.29, 1.82) is 0 Å². The molecular weight excluding hydrogens is 283 g/mol. The fourth-order valence-electron chi connectivity index (χ4n) is 1.61. The fourth-order valence-corrected chi connectivity index (χ4v) is 1.92. The summed E-state index contributed by atoms with van der Waals surface area (Å²) in [5.41, 5.74) is 7.39. The Morgan fingerprint density at radius 1 is 1.11 bits per heavy atom. The van der Waals surface area contributed by atoms with Crippen LogP contribution < -0.4 is 11.1 Å². The zero-order valence-electron chi connectivity index (χ0n) is 9.99. The SMILES string of the molecule is NC(=O)c1ccc(Cl)c(NCc2ccc(Cl)cc2)c1. The molecule has 0 aliphatic heterocycles. The Balaban J connectivity index is 2.12. The lowest BCUT2D eigenvalue weighted by molar-refractivity contribution is 0.100. The summed E-state index contributed by atoms with van der Waals surface area (Å²) in [5, 5.41) is 4.39. The predicted octanol–water partition coefficient (Wildman–Crippen LogP) is 3.70. The summed E-state index contributed by atoms with van der Waals surface area (Å²) in [6.45, 7) is 0.582. The second kappa shape index (κ2) is 5.95. The molecule has 2 aromatic rings. The van der Waals surface area contributed by atoms with Crippen LogP contribution in [0.15, 0.2) is 42.5 Å². The molecule has 2 rings (SSSR count). The van der Waals surface area contributed by atoms with Crippen LogP contribution in [0.1, 0.15) is 15.9 Å². The van der Waals surface area contributed by atoms with Crippen molar-refractivity contribution in [2.75, 3.05) is 5.32 Å². The predicted molar refractivity (Wildman–Crippen MR) is 78.7 cm³/mol. The smallest absolute Gasteiger partial charge is 0.248 e. The van der Waals surface area contributed by atoms with Crippen molar-refractivity contribution in [3.05, 3.63) is 63.6 Å². The minimum atomic E-state index is -0.480. The molecule has 98 valence electrons. The summed E-state index contributed by atoms with van der Waals surface area (Å²) in [6, 6.07) is 12.4. The highest BCUT2D eigenvalue weighted by atomic mass is 35.5. The molecule has 0 aromatic heterocycles. The minimum Gasteiger partial charge on any atom is -0.380 e. The molecule has 0 aliphatic rings. The summed E-state index contributed by atoms with van der Waals surface area (Å²) in [4.78, 5) is 11.1. The molecule has 2 aromatic carbocycles. The third kappa shape index (κ3) is 3.63. The minimum absolute atomic E-state index is 0.419. The first kappa shape index (κ1) is 13.7. The molecule has 0 aliphatic carbocycles. The third-order valence-corrected chi connectivity index (χ3v) is 3.23. The van der Waals surface area contributed by atoms with Crippen LogP contribution in [0.25, 0.3) is 0 Å². The topological polar surface area (TPSA) is 55.1 Å². The maximum absolute atomic E-state index is 11.1. The van der Waals surface area contributed by atoms with E-state index in [0.29, 0.717) is 27.8 Å². The van der Waals surface area contributed by atoms with Gasteiger partial charge in [-0.3, -0.25) is 4.79 Å². The van der Waals surface area contributed by atoms with Gasteiger partial charge in [-0.1, -0.05) is 35.3 Å². The van der Waals surface area contributed by atoms with Gasteiger partial charge in [0, 0.05) is 17.1 Å². The molecule has 0 saturated heterocycles. The van der Waals surface area contributed by atoms with Gasteiger partial charge in [-0.25, -0.2) is 0 Å². The average Bonchev–Trinajstić information content (AvgIpc) is 2.39. The van der Waals surface area contributed by atoms with Gasteiger partial charge in [0.15, 0.2) is 0 Å². The van der Waals surface area contributed by atoms with Crippen LogP contribution in [0.3, 0.4) is 0 Å². The molecular formula is C14H12Cl2N2O. The Hall–Kier alpha value is -1.71. The van der Waals surface area contributed by atoms with Crippen LogP contribution in [0, 0.1) is 0 Å². The first-order valence-electron chi connectivity index (χ1n) is 5.64. The van der Waals surface area contributed by atoms with Crippen LogP contribution in [-0.4, -0.2) is 5.91 Å². The lowest BCUT2D eigenvalue weighted by atomic mass is 10.1. The number of primary amides is 1. The van der Waals surface area contributed by atoms with Gasteiger partial charge >= 0.3 is 0 Å². The fraction of sp³-hybridized carbons (Fsp3) is 0.0714. The van der Waals surface area contributed by atoms with E-state index < -0.39 is 5.91 Å². The number of carbonyl (C=O) groups excluding carboxylic acids is 1. The molecule has 0 spiro atoms. The molecule has 0 fully saturated rings. The molecule has 3 N–H and O–H groups in total. The molecule has 0 unspecified atom stereocenters. The number of hydrogen-bond donors (Lipinski definition) is 2. The number of carbonyl (C=O) groups is 1. The standard InChI is InChI=1S/C14H12Cl2N2O/c15-11-4-1-9(2-5-11)8-18-13-7-10(14(17)19)3-6-12(13)16/h1-7,18H,8H2,(H2,17,19). The quantitative estimate of drug-likeness (QED) is 0.903. The van der Waals surface area contributed by atoms with Crippen molar-refractivity contribution >= 4 is 34.8 Å². The zero-order valence-corrected chi connectivity index (χ0v) is 11.5. The maximum atomic E-state index is 11.1. The third-order valence-electron chi connectivity index (χ3n) is 2.65. The summed E-state index contributed by atoms with van der Waals surface area (Å²) in [5.74, 6) is -0.480. The van der Waals surface area contributed by atoms with E-state index in [4.69, 9.17) is 28.9 Å². The van der Waals surface area contributed by atoms with E-state index in [0.717, 1.165) is 5.56 Å². The van der Waals surface area contributed by atoms with Crippen molar-refractivity contribution < 1.29 is 4.79 Å². The largest absolute Gasteiger partial charge is 0.380 e. The Labute approximate surface area is 121 Å². The van der Waals surface area contributed by atoms with Crippen molar-refractivity contribution in [3.8, 4) is 0 Å². The normalized spacial score (nSPS) is 10.2. The summed E-state index contributed by atoms with van der Waals surface area (Å²) in [7, 11) is 0. The van der Waals surface area contributed by atoms with Crippen LogP contribution in [0.2, 0.25) is 10.0 Å². The number of benzene rings is 2. The summed E-state index contributed by atoms with van der Waals surface area (Å²) in [6.07, 6.45) is 0. The number of nitrogens with two attached hydrogens (primary N) is 1. The molecule has 0 atom stereocenters. The van der Waals surface area contributed by atoms with E-state index in [2.05, 4.69) is 5.32 Å². The number of anilines is 1. The van der Waals surface area contributed by atoms with Gasteiger partial charge in [-0.2, -0.15) is 0 Å². The van der Waals surface area contributed by atoms with Crippen LogP contribution in [-0.2, 0) is 6.54 Å². The monoisotopic (exact) mass is 294 g/mol. The zero-order chi connectivity index (χ0) is 13.8. The van der Waals surface area contributed by atoms with Crippen LogP contribution in [0.4, 0.5) is 5.69 Å². The number of amides is 1. The van der Waals surface area contributed by atoms with E-state index in [1.54, 1.807) is 18.2 Å². The molecule has 5 heteroatoms. The van der Waals surface area contributed by atoms with E-state index in [-0.39, 0.29) is 0 Å². The molecule has 3 nitrogen and oxygen atoms in total. The van der Waals surface area contributed by atoms with E-state index >= 15 is 0 Å². The van der Waals surface area contributed by atoms with Gasteiger partial charge in [0.2, 0.25) is 5.91 Å². The van der Waals surface area contributed by atoms with E-state index in [1.807, 2.05) is 24.3 Å². The maximum Gasteiger partial charge on any atom is 0.248 e. The van der Waals surface area contributed by atoms with Crippen molar-refractivity contribution in [3.63, 3.8) is 0 Å². The second-order valence-electron chi connectivity index (χ2n) is 4.04. The van der Waals surface area contributed by atoms with Crippen molar-refractivity contribution in [2.45, 2.75) is 6.54 Å². The van der Waals surface area contributed by atoms with Gasteiger partial charge < -0.3 is 11.1 Å². The highest BCUT2D eigenvalue weighted by Crippen LogP contribution is 2.23. The van der Waals surface area contributed by atoms with Gasteiger partial charge in [-0.05, 0) is 35.9 Å². The Kier molecular flexibility index (Phi) is 4.30. The number of rotatable bonds is 4. The van der Waals surface area contributed by atoms with E-state index in [1.165, 1.54) is 0 Å². The highest BCUT2D eigenvalue weighted by Gasteiger charge is 2.05. The van der Waals surface area contributed by atoms with Crippen molar-refractivity contribution in [1.82, 2.24) is 0 Å². The molecule has 19 heavy (non-hydrogen) atoms. The summed E-state index contributed by atoms with van der Waals surface area (Å²) < 4.78 is 0. The molecule has 0 saturated carbocycles. The Morgan fingerprint density at radius 2 is 1.79 bits per heavy atom. The molecule has 0 heterocycles. The van der Waals surface area contributed by atoms with Gasteiger partial charge in [0.05, 0.1) is 10.7 Å². The Morgan fingerprint density at radius 3 is 2.42 bits per heavy atom.